The minimum absolute atomic E-state index is 0.00248. The van der Waals surface area contributed by atoms with Gasteiger partial charge in [-0.15, -0.1) is 0 Å². The first kappa shape index (κ1) is 23.4. The van der Waals surface area contributed by atoms with Gasteiger partial charge in [-0.1, -0.05) is 59.6 Å². The summed E-state index contributed by atoms with van der Waals surface area (Å²) in [5.41, 5.74) is 4.66. The number of aliphatic hydroxyl groups excluding tert-OH is 1. The van der Waals surface area contributed by atoms with E-state index >= 15 is 0 Å². The molecule has 0 amide bonds. The number of ketones is 1. The highest BCUT2D eigenvalue weighted by Gasteiger charge is 2.44. The van der Waals surface area contributed by atoms with Crippen molar-refractivity contribution in [3.63, 3.8) is 0 Å². The van der Waals surface area contributed by atoms with Crippen LogP contribution < -0.4 is 14.4 Å². The summed E-state index contributed by atoms with van der Waals surface area (Å²) in [4.78, 5) is 15.3. The van der Waals surface area contributed by atoms with Crippen molar-refractivity contribution in [2.75, 3.05) is 11.7 Å². The van der Waals surface area contributed by atoms with Gasteiger partial charge in [-0.2, -0.15) is 0 Å². The normalized spacial score (nSPS) is 20.3. The number of amidine groups is 1. The third-order valence-electron chi connectivity index (χ3n) is 7.16. The van der Waals surface area contributed by atoms with Gasteiger partial charge < -0.3 is 14.6 Å². The van der Waals surface area contributed by atoms with Gasteiger partial charge in [0.25, 0.3) is 0 Å². The number of Topliss-reactive ketones (excluding diaryl/α,β-unsaturated/α-hetero) is 1. The van der Waals surface area contributed by atoms with Crippen LogP contribution in [0, 0.1) is 12.3 Å². The fraction of sp³-hybridized carbons (Fsp3) is 0.200. The Labute approximate surface area is 219 Å². The van der Waals surface area contributed by atoms with Crippen molar-refractivity contribution in [2.45, 2.75) is 32.1 Å². The van der Waals surface area contributed by atoms with Crippen molar-refractivity contribution < 1.29 is 19.4 Å². The van der Waals surface area contributed by atoms with Crippen molar-refractivity contribution in [1.82, 2.24) is 0 Å². The van der Waals surface area contributed by atoms with Crippen LogP contribution in [0.2, 0.25) is 5.02 Å². The zero-order valence-electron chi connectivity index (χ0n) is 20.3. The molecule has 0 spiro atoms. The van der Waals surface area contributed by atoms with Gasteiger partial charge in [0.05, 0.1) is 10.7 Å². The second-order valence-electron chi connectivity index (χ2n) is 9.45. The molecule has 2 N–H and O–H groups in total. The Balaban J connectivity index is 1.65. The highest BCUT2D eigenvalue weighted by Crippen LogP contribution is 2.50. The number of carbonyl (C=O) groups excluding carboxylic acids is 1. The predicted molar refractivity (Wildman–Crippen MR) is 144 cm³/mol. The number of aliphatic hydroxyl groups is 1. The second kappa shape index (κ2) is 9.12. The highest BCUT2D eigenvalue weighted by atomic mass is 35.5. The van der Waals surface area contributed by atoms with Crippen LogP contribution in [0.5, 0.6) is 11.5 Å². The van der Waals surface area contributed by atoms with Crippen LogP contribution in [-0.2, 0) is 4.79 Å². The number of para-hydroxylation sites is 1. The Hall–Kier alpha value is -4.03. The van der Waals surface area contributed by atoms with Crippen molar-refractivity contribution in [1.29, 1.82) is 5.41 Å². The molecule has 0 bridgehead atoms. The van der Waals surface area contributed by atoms with E-state index in [9.17, 15) is 15.3 Å². The van der Waals surface area contributed by atoms with E-state index in [4.69, 9.17) is 21.1 Å². The maximum Gasteiger partial charge on any atom is 0.231 e. The number of nitrogens with one attached hydrogen (secondary N) is 1. The summed E-state index contributed by atoms with van der Waals surface area (Å²) in [6.45, 7) is 2.10. The zero-order valence-corrected chi connectivity index (χ0v) is 21.0. The van der Waals surface area contributed by atoms with Gasteiger partial charge in [-0.05, 0) is 49.6 Å². The molecule has 6 nitrogen and oxygen atoms in total. The summed E-state index contributed by atoms with van der Waals surface area (Å²) in [7, 11) is 0. The molecule has 2 heterocycles. The largest absolute Gasteiger partial charge is 0.507 e. The third kappa shape index (κ3) is 3.89. The van der Waals surface area contributed by atoms with E-state index in [1.165, 1.54) is 0 Å². The number of aryl methyl sites for hydroxylation is 1. The summed E-state index contributed by atoms with van der Waals surface area (Å²) in [6, 6.07) is 20.3. The Kier molecular flexibility index (Phi) is 5.76. The fourth-order valence-electron chi connectivity index (χ4n) is 5.38. The third-order valence-corrected chi connectivity index (χ3v) is 7.48. The van der Waals surface area contributed by atoms with E-state index in [1.54, 1.807) is 11.0 Å². The van der Waals surface area contributed by atoms with Gasteiger partial charge in [-0.3, -0.25) is 15.1 Å². The number of carbonyl (C=O) groups is 1. The average Bonchev–Trinajstić information content (AvgIpc) is 3.37. The molecular formula is C30H25ClN2O4. The van der Waals surface area contributed by atoms with Crippen LogP contribution in [0.4, 0.5) is 5.69 Å². The van der Waals surface area contributed by atoms with Crippen LogP contribution in [0.1, 0.15) is 41.9 Å². The molecule has 0 saturated carbocycles. The zero-order chi connectivity index (χ0) is 25.7. The summed E-state index contributed by atoms with van der Waals surface area (Å²) >= 11 is 6.61. The Morgan fingerprint density at radius 1 is 1.03 bits per heavy atom. The molecule has 6 rings (SSSR count). The maximum atomic E-state index is 13.6. The molecule has 0 unspecified atom stereocenters. The summed E-state index contributed by atoms with van der Waals surface area (Å²) in [5.74, 6) is 0.603. The monoisotopic (exact) mass is 512 g/mol. The lowest BCUT2D eigenvalue weighted by atomic mass is 9.73. The van der Waals surface area contributed by atoms with Gasteiger partial charge >= 0.3 is 0 Å². The molecular weight excluding hydrogens is 488 g/mol. The van der Waals surface area contributed by atoms with Crippen LogP contribution >= 0.6 is 11.6 Å². The molecule has 37 heavy (non-hydrogen) atoms. The van der Waals surface area contributed by atoms with E-state index in [2.05, 4.69) is 0 Å². The average molecular weight is 513 g/mol. The molecule has 186 valence electrons. The standard InChI is InChI=1S/C30H25ClN2O4/c1-17-9-11-18(12-10-17)29(35)28-26(19-13-14-24-25(15-19)37-16-36-24)27-22(7-4-8-23(27)34)33(30(28)32)21-6-3-2-5-20(21)31/h2-3,5-6,9-15,26,32,35H,4,7-8,16H2,1H3/t26-/m1/s1. The van der Waals surface area contributed by atoms with E-state index < -0.39 is 5.92 Å². The van der Waals surface area contributed by atoms with Gasteiger partial charge in [0.15, 0.2) is 17.3 Å². The lowest BCUT2D eigenvalue weighted by Gasteiger charge is -2.42. The van der Waals surface area contributed by atoms with Gasteiger partial charge in [0.1, 0.15) is 11.6 Å². The van der Waals surface area contributed by atoms with Crippen molar-refractivity contribution in [3.05, 3.63) is 105 Å². The minimum atomic E-state index is -0.648. The van der Waals surface area contributed by atoms with Crippen LogP contribution in [0.3, 0.4) is 0 Å². The van der Waals surface area contributed by atoms with E-state index in [-0.39, 0.29) is 24.2 Å². The van der Waals surface area contributed by atoms with Gasteiger partial charge in [0, 0.05) is 34.7 Å². The molecule has 2 aliphatic heterocycles. The highest BCUT2D eigenvalue weighted by molar-refractivity contribution is 6.34. The molecule has 1 atom stereocenters. The topological polar surface area (TPSA) is 82.9 Å². The first-order chi connectivity index (χ1) is 17.9. The maximum absolute atomic E-state index is 13.6. The second-order valence-corrected chi connectivity index (χ2v) is 9.85. The molecule has 3 aromatic carbocycles. The SMILES string of the molecule is Cc1ccc(C(O)=C2C(=N)N(c3ccccc3Cl)C3=C(C(=O)CCC3)[C@H]2c2ccc3c(c2)OCO3)cc1. The molecule has 0 fully saturated rings. The Morgan fingerprint density at radius 3 is 2.57 bits per heavy atom. The molecule has 3 aliphatic rings. The smallest absolute Gasteiger partial charge is 0.231 e. The predicted octanol–water partition coefficient (Wildman–Crippen LogP) is 6.93. The number of ether oxygens (including phenoxy) is 2. The number of anilines is 1. The van der Waals surface area contributed by atoms with E-state index in [0.29, 0.717) is 58.2 Å². The number of rotatable bonds is 3. The van der Waals surface area contributed by atoms with Gasteiger partial charge in [0.2, 0.25) is 6.79 Å². The van der Waals surface area contributed by atoms with Crippen molar-refractivity contribution in [3.8, 4) is 11.5 Å². The van der Waals surface area contributed by atoms with Crippen LogP contribution in [0.15, 0.2) is 83.6 Å². The minimum Gasteiger partial charge on any atom is -0.507 e. The number of allylic oxidation sites excluding steroid dienone is 2. The number of nitrogens with zero attached hydrogens (tertiary/aromatic N) is 1. The Bertz CT molecular complexity index is 1510. The number of hydrogen-bond donors (Lipinski definition) is 2. The van der Waals surface area contributed by atoms with Crippen LogP contribution in [-0.4, -0.2) is 23.5 Å². The first-order valence-corrected chi connectivity index (χ1v) is 12.6. The van der Waals surface area contributed by atoms with Crippen molar-refractivity contribution >= 4 is 34.7 Å². The fourth-order valence-corrected chi connectivity index (χ4v) is 5.60. The lowest BCUT2D eigenvalue weighted by molar-refractivity contribution is -0.116. The number of halogens is 1. The number of hydrogen-bond acceptors (Lipinski definition) is 5. The summed E-state index contributed by atoms with van der Waals surface area (Å²) in [6.07, 6.45) is 1.71. The molecule has 0 saturated heterocycles. The van der Waals surface area contributed by atoms with E-state index in [0.717, 1.165) is 16.8 Å². The van der Waals surface area contributed by atoms with Crippen LogP contribution in [0.25, 0.3) is 5.76 Å². The lowest BCUT2D eigenvalue weighted by Crippen LogP contribution is -2.42. The Morgan fingerprint density at radius 2 is 1.78 bits per heavy atom. The molecule has 7 heteroatoms. The summed E-state index contributed by atoms with van der Waals surface area (Å²) < 4.78 is 11.1. The molecule has 1 aliphatic carbocycles. The van der Waals surface area contributed by atoms with E-state index in [1.807, 2.05) is 67.6 Å². The quantitative estimate of drug-likeness (QED) is 0.371. The summed E-state index contributed by atoms with van der Waals surface area (Å²) in [5, 5.41) is 21.6. The molecule has 0 radical (unpaired) electrons. The van der Waals surface area contributed by atoms with Gasteiger partial charge in [-0.25, -0.2) is 0 Å². The number of benzene rings is 3. The number of fused-ring (bicyclic) bond motifs is 1. The molecule has 0 aromatic heterocycles. The van der Waals surface area contributed by atoms with Crippen molar-refractivity contribution in [2.24, 2.45) is 0 Å². The molecule has 3 aromatic rings. The first-order valence-electron chi connectivity index (χ1n) is 12.2.